The van der Waals surface area contributed by atoms with Crippen LogP contribution in [0.3, 0.4) is 0 Å². The van der Waals surface area contributed by atoms with E-state index in [-0.39, 0.29) is 31.5 Å². The van der Waals surface area contributed by atoms with Gasteiger partial charge in [0.25, 0.3) is 0 Å². The number of rotatable bonds is 12. The summed E-state index contributed by atoms with van der Waals surface area (Å²) in [5.74, 6) is -1.56. The standard InChI is InChI=1S/C34H52O10/c1-20(2)16-39-19-33-29(43-23(6)36)25(42-22(5)35)15-32(9,38)34(33)28(37)26(31(7,8)44-34)27(40-17-21(3)4)30(33)41-18-24-13-11-10-12-14-24/h10-14,20-21,25-30,37-38H,15-19H2,1-9H3/t25-,26+,27-,28+,29-,30+,32-,33-,34-/m0/s1. The molecule has 2 aliphatic carbocycles. The molecular formula is C34H52O10. The fourth-order valence-corrected chi connectivity index (χ4v) is 8.01. The molecule has 3 fully saturated rings. The molecule has 2 N–H and O–H groups in total. The van der Waals surface area contributed by atoms with E-state index >= 15 is 0 Å². The highest BCUT2D eigenvalue weighted by Crippen LogP contribution is 2.69. The van der Waals surface area contributed by atoms with Crippen molar-refractivity contribution >= 4 is 11.9 Å². The number of aliphatic hydroxyl groups is 2. The molecule has 0 unspecified atom stereocenters. The zero-order chi connectivity index (χ0) is 32.7. The number of aliphatic hydroxyl groups excluding tert-OH is 1. The summed E-state index contributed by atoms with van der Waals surface area (Å²) in [6.07, 6.45) is -5.44. The van der Waals surface area contributed by atoms with Crippen LogP contribution in [0.4, 0.5) is 0 Å². The molecule has 248 valence electrons. The van der Waals surface area contributed by atoms with Gasteiger partial charge in [-0.1, -0.05) is 58.0 Å². The van der Waals surface area contributed by atoms with Crippen LogP contribution in [0.15, 0.2) is 30.3 Å². The summed E-state index contributed by atoms with van der Waals surface area (Å²) < 4.78 is 38.8. The second-order valence-corrected chi connectivity index (χ2v) is 14.4. The van der Waals surface area contributed by atoms with E-state index in [4.69, 9.17) is 28.4 Å². The second-order valence-electron chi connectivity index (χ2n) is 14.4. The Kier molecular flexibility index (Phi) is 10.3. The molecule has 0 amide bonds. The largest absolute Gasteiger partial charge is 0.458 e. The van der Waals surface area contributed by atoms with Crippen molar-refractivity contribution in [2.45, 2.75) is 123 Å². The predicted molar refractivity (Wildman–Crippen MR) is 161 cm³/mol. The summed E-state index contributed by atoms with van der Waals surface area (Å²) in [4.78, 5) is 25.3. The normalized spacial score (nSPS) is 37.6. The van der Waals surface area contributed by atoms with Gasteiger partial charge in [0.05, 0.1) is 48.1 Å². The Morgan fingerprint density at radius 1 is 0.932 bits per heavy atom. The lowest BCUT2D eigenvalue weighted by Crippen LogP contribution is -2.85. The monoisotopic (exact) mass is 620 g/mol. The second kappa shape index (κ2) is 13.0. The van der Waals surface area contributed by atoms with E-state index in [0.717, 1.165) is 5.56 Å². The lowest BCUT2D eigenvalue weighted by molar-refractivity contribution is -0.372. The molecule has 9 atom stereocenters. The van der Waals surface area contributed by atoms with Crippen LogP contribution >= 0.6 is 0 Å². The Bertz CT molecular complexity index is 1150. The van der Waals surface area contributed by atoms with Crippen molar-refractivity contribution in [3.63, 3.8) is 0 Å². The molecule has 1 aromatic carbocycles. The van der Waals surface area contributed by atoms with Crippen LogP contribution in [0.5, 0.6) is 0 Å². The smallest absolute Gasteiger partial charge is 0.303 e. The van der Waals surface area contributed by atoms with Gasteiger partial charge in [-0.2, -0.15) is 0 Å². The average molecular weight is 621 g/mol. The van der Waals surface area contributed by atoms with Crippen LogP contribution in [0, 0.1) is 23.2 Å². The fourth-order valence-electron chi connectivity index (χ4n) is 8.01. The first-order valence-corrected chi connectivity index (χ1v) is 15.8. The maximum atomic E-state index is 12.9. The first kappa shape index (κ1) is 34.8. The molecule has 3 aliphatic rings. The van der Waals surface area contributed by atoms with Gasteiger partial charge in [-0.25, -0.2) is 0 Å². The Labute approximate surface area is 261 Å². The summed E-state index contributed by atoms with van der Waals surface area (Å²) >= 11 is 0. The molecule has 1 saturated heterocycles. The number of carbonyl (C=O) groups is 2. The molecular weight excluding hydrogens is 568 g/mol. The minimum Gasteiger partial charge on any atom is -0.458 e. The van der Waals surface area contributed by atoms with Gasteiger partial charge in [0.15, 0.2) is 6.10 Å². The number of fused-ring (bicyclic) bond motifs is 1. The third-order valence-electron chi connectivity index (χ3n) is 9.38. The molecule has 0 aromatic heterocycles. The number of ether oxygens (including phenoxy) is 6. The van der Waals surface area contributed by atoms with Crippen LogP contribution in [0.25, 0.3) is 0 Å². The van der Waals surface area contributed by atoms with Crippen LogP contribution in [-0.2, 0) is 44.6 Å². The molecule has 0 radical (unpaired) electrons. The highest BCUT2D eigenvalue weighted by atomic mass is 16.6. The molecule has 2 bridgehead atoms. The van der Waals surface area contributed by atoms with Gasteiger partial charge in [-0.3, -0.25) is 9.59 Å². The van der Waals surface area contributed by atoms with Crippen molar-refractivity contribution in [3.8, 4) is 0 Å². The van der Waals surface area contributed by atoms with E-state index in [0.29, 0.717) is 13.2 Å². The minimum absolute atomic E-state index is 0.141. The molecule has 4 rings (SSSR count). The highest BCUT2D eigenvalue weighted by molar-refractivity contribution is 5.68. The van der Waals surface area contributed by atoms with Crippen LogP contribution in [0.1, 0.15) is 74.3 Å². The van der Waals surface area contributed by atoms with Crippen LogP contribution < -0.4 is 0 Å². The first-order valence-electron chi connectivity index (χ1n) is 15.8. The quantitative estimate of drug-likeness (QED) is 0.333. The summed E-state index contributed by atoms with van der Waals surface area (Å²) in [7, 11) is 0. The van der Waals surface area contributed by atoms with Gasteiger partial charge >= 0.3 is 11.9 Å². The molecule has 10 nitrogen and oxygen atoms in total. The zero-order valence-electron chi connectivity index (χ0n) is 27.7. The topological polar surface area (TPSA) is 130 Å². The third-order valence-corrected chi connectivity index (χ3v) is 9.38. The summed E-state index contributed by atoms with van der Waals surface area (Å²) in [5.41, 5.74) is -5.25. The lowest BCUT2D eigenvalue weighted by Gasteiger charge is -2.67. The Hall–Kier alpha value is -2.08. The zero-order valence-corrected chi connectivity index (χ0v) is 27.7. The lowest BCUT2D eigenvalue weighted by atomic mass is 9.45. The summed E-state index contributed by atoms with van der Waals surface area (Å²) in [6.45, 7) is 16.7. The van der Waals surface area contributed by atoms with Crippen molar-refractivity contribution in [1.29, 1.82) is 0 Å². The number of esters is 2. The van der Waals surface area contributed by atoms with Gasteiger partial charge in [-0.05, 0) is 38.2 Å². The third kappa shape index (κ3) is 6.06. The van der Waals surface area contributed by atoms with Gasteiger partial charge in [0.1, 0.15) is 11.7 Å². The number of hydrogen-bond acceptors (Lipinski definition) is 10. The van der Waals surface area contributed by atoms with E-state index in [1.54, 1.807) is 6.92 Å². The minimum atomic E-state index is -1.78. The number of benzene rings is 1. The molecule has 10 heteroatoms. The first-order chi connectivity index (χ1) is 20.5. The maximum Gasteiger partial charge on any atom is 0.303 e. The fraction of sp³-hybridized carbons (Fsp3) is 0.765. The van der Waals surface area contributed by atoms with Gasteiger partial charge in [-0.15, -0.1) is 0 Å². The van der Waals surface area contributed by atoms with Crippen LogP contribution in [0.2, 0.25) is 0 Å². The van der Waals surface area contributed by atoms with E-state index in [9.17, 15) is 19.8 Å². The van der Waals surface area contributed by atoms with Gasteiger partial charge in [0.2, 0.25) is 0 Å². The van der Waals surface area contributed by atoms with E-state index in [2.05, 4.69) is 0 Å². The number of hydrogen-bond donors (Lipinski definition) is 2. The molecule has 44 heavy (non-hydrogen) atoms. The Balaban J connectivity index is 2.04. The van der Waals surface area contributed by atoms with Gasteiger partial charge in [0, 0.05) is 39.4 Å². The van der Waals surface area contributed by atoms with E-state index in [1.165, 1.54) is 13.8 Å². The number of carbonyl (C=O) groups excluding carboxylic acids is 2. The highest BCUT2D eigenvalue weighted by Gasteiger charge is 2.86. The molecule has 2 saturated carbocycles. The molecule has 1 spiro atoms. The predicted octanol–water partition coefficient (Wildman–Crippen LogP) is 3.83. The summed E-state index contributed by atoms with van der Waals surface area (Å²) in [6, 6.07) is 9.63. The van der Waals surface area contributed by atoms with Crippen molar-refractivity contribution in [2.24, 2.45) is 23.2 Å². The van der Waals surface area contributed by atoms with Crippen molar-refractivity contribution < 1.29 is 48.2 Å². The SMILES string of the molecule is CC(=O)O[C@H]1C[C@](C)(O)[C@]23OC(C)(C)[C@H]([C@H](OCC(C)C)[C@@H](OCc4ccccc4)[C@]2(COCC(C)C)[C@H]1OC(C)=O)[C@H]3O. The molecule has 1 aromatic rings. The van der Waals surface area contributed by atoms with E-state index in [1.807, 2.05) is 71.9 Å². The van der Waals surface area contributed by atoms with Crippen molar-refractivity contribution in [1.82, 2.24) is 0 Å². The Morgan fingerprint density at radius 2 is 1.55 bits per heavy atom. The van der Waals surface area contributed by atoms with Crippen molar-refractivity contribution in [3.05, 3.63) is 35.9 Å². The van der Waals surface area contributed by atoms with Crippen LogP contribution in [-0.4, -0.2) is 89.3 Å². The Morgan fingerprint density at radius 3 is 2.11 bits per heavy atom. The maximum absolute atomic E-state index is 12.9. The molecule has 1 aliphatic heterocycles. The molecule has 1 heterocycles. The van der Waals surface area contributed by atoms with E-state index < -0.39 is 70.6 Å². The average Bonchev–Trinajstić information content (AvgIpc) is 3.08. The summed E-state index contributed by atoms with van der Waals surface area (Å²) in [5, 5.41) is 25.0. The van der Waals surface area contributed by atoms with Crippen molar-refractivity contribution in [2.75, 3.05) is 19.8 Å². The van der Waals surface area contributed by atoms with Gasteiger partial charge < -0.3 is 38.6 Å².